The highest BCUT2D eigenvalue weighted by molar-refractivity contribution is 6.29. The Morgan fingerprint density at radius 2 is 1.94 bits per heavy atom. The molecule has 0 aliphatic heterocycles. The summed E-state index contributed by atoms with van der Waals surface area (Å²) in [6, 6.07) is 2.81. The fourth-order valence-corrected chi connectivity index (χ4v) is 1.60. The zero-order valence-electron chi connectivity index (χ0n) is 10.1. The predicted octanol–water partition coefficient (Wildman–Crippen LogP) is 1.50. The average Bonchev–Trinajstić information content (AvgIpc) is 2.36. The van der Waals surface area contributed by atoms with E-state index >= 15 is 0 Å². The minimum absolute atomic E-state index is 0.0342. The second-order valence-corrected chi connectivity index (χ2v) is 4.18. The van der Waals surface area contributed by atoms with Gasteiger partial charge in [0.15, 0.2) is 10.8 Å². The minimum atomic E-state index is -1.28. The SMILES string of the molecule is CCC(CC)(NC(=O)c1ccc(Cl)nn1)C(=O)O. The Morgan fingerprint density at radius 1 is 1.33 bits per heavy atom. The molecule has 1 aromatic heterocycles. The molecule has 2 N–H and O–H groups in total. The van der Waals surface area contributed by atoms with Gasteiger partial charge in [-0.15, -0.1) is 10.2 Å². The van der Waals surface area contributed by atoms with Gasteiger partial charge in [-0.05, 0) is 25.0 Å². The number of carbonyl (C=O) groups is 2. The van der Waals surface area contributed by atoms with Crippen molar-refractivity contribution >= 4 is 23.5 Å². The van der Waals surface area contributed by atoms with E-state index in [0.717, 1.165) is 0 Å². The molecule has 6 nitrogen and oxygen atoms in total. The molecule has 0 atom stereocenters. The number of nitrogens with one attached hydrogen (secondary N) is 1. The largest absolute Gasteiger partial charge is 0.480 e. The maximum atomic E-state index is 11.9. The first-order valence-electron chi connectivity index (χ1n) is 5.50. The summed E-state index contributed by atoms with van der Waals surface area (Å²) in [6.45, 7) is 3.40. The van der Waals surface area contributed by atoms with Crippen molar-refractivity contribution in [1.82, 2.24) is 15.5 Å². The summed E-state index contributed by atoms with van der Waals surface area (Å²) >= 11 is 5.56. The van der Waals surface area contributed by atoms with Gasteiger partial charge in [-0.3, -0.25) is 4.79 Å². The van der Waals surface area contributed by atoms with E-state index in [1.165, 1.54) is 12.1 Å². The van der Waals surface area contributed by atoms with E-state index in [9.17, 15) is 14.7 Å². The number of amides is 1. The number of carboxylic acid groups (broad SMARTS) is 1. The molecule has 98 valence electrons. The molecule has 0 aliphatic carbocycles. The van der Waals surface area contributed by atoms with Crippen molar-refractivity contribution in [2.45, 2.75) is 32.2 Å². The maximum Gasteiger partial charge on any atom is 0.329 e. The highest BCUT2D eigenvalue weighted by Gasteiger charge is 2.36. The smallest absolute Gasteiger partial charge is 0.329 e. The summed E-state index contributed by atoms with van der Waals surface area (Å²) in [5.74, 6) is -1.65. The van der Waals surface area contributed by atoms with Gasteiger partial charge in [0.25, 0.3) is 5.91 Å². The topological polar surface area (TPSA) is 92.2 Å². The Labute approximate surface area is 109 Å². The molecular formula is C11H14ClN3O3. The summed E-state index contributed by atoms with van der Waals surface area (Å²) in [5, 5.41) is 19.0. The third-order valence-corrected chi connectivity index (χ3v) is 3.04. The second-order valence-electron chi connectivity index (χ2n) is 3.79. The van der Waals surface area contributed by atoms with Crippen LogP contribution in [0.3, 0.4) is 0 Å². The normalized spacial score (nSPS) is 11.1. The van der Waals surface area contributed by atoms with E-state index in [2.05, 4.69) is 15.5 Å². The van der Waals surface area contributed by atoms with Crippen LogP contribution in [0.4, 0.5) is 0 Å². The summed E-state index contributed by atoms with van der Waals surface area (Å²) in [5.41, 5.74) is -1.25. The van der Waals surface area contributed by atoms with Crippen LogP contribution < -0.4 is 5.32 Å². The van der Waals surface area contributed by atoms with Crippen molar-refractivity contribution in [3.63, 3.8) is 0 Å². The molecule has 7 heteroatoms. The Hall–Kier alpha value is -1.69. The van der Waals surface area contributed by atoms with Crippen LogP contribution in [-0.4, -0.2) is 32.7 Å². The number of rotatable bonds is 5. The molecule has 1 rings (SSSR count). The monoisotopic (exact) mass is 271 g/mol. The van der Waals surface area contributed by atoms with Gasteiger partial charge in [-0.2, -0.15) is 0 Å². The lowest BCUT2D eigenvalue weighted by Crippen LogP contribution is -2.53. The van der Waals surface area contributed by atoms with Crippen LogP contribution in [0.15, 0.2) is 12.1 Å². The van der Waals surface area contributed by atoms with E-state index in [4.69, 9.17) is 11.6 Å². The zero-order valence-corrected chi connectivity index (χ0v) is 10.9. The molecule has 1 amide bonds. The van der Waals surface area contributed by atoms with Crippen molar-refractivity contribution in [2.24, 2.45) is 0 Å². The van der Waals surface area contributed by atoms with Crippen LogP contribution in [0.1, 0.15) is 37.2 Å². The molecule has 0 radical (unpaired) electrons. The van der Waals surface area contributed by atoms with Crippen molar-refractivity contribution in [2.75, 3.05) is 0 Å². The van der Waals surface area contributed by atoms with Crippen molar-refractivity contribution in [1.29, 1.82) is 0 Å². The Bertz CT molecular complexity index is 443. The number of halogens is 1. The molecule has 18 heavy (non-hydrogen) atoms. The molecule has 0 fully saturated rings. The van der Waals surface area contributed by atoms with Gasteiger partial charge in [-0.1, -0.05) is 25.4 Å². The zero-order chi connectivity index (χ0) is 13.8. The molecule has 0 saturated heterocycles. The Morgan fingerprint density at radius 3 is 2.33 bits per heavy atom. The van der Waals surface area contributed by atoms with Crippen LogP contribution in [0.2, 0.25) is 5.15 Å². The number of nitrogens with zero attached hydrogens (tertiary/aromatic N) is 2. The quantitative estimate of drug-likeness (QED) is 0.847. The summed E-state index contributed by atoms with van der Waals surface area (Å²) in [4.78, 5) is 23.1. The maximum absolute atomic E-state index is 11.9. The predicted molar refractivity (Wildman–Crippen MR) is 65.5 cm³/mol. The fraction of sp³-hybridized carbons (Fsp3) is 0.455. The van der Waals surface area contributed by atoms with Crippen molar-refractivity contribution < 1.29 is 14.7 Å². The van der Waals surface area contributed by atoms with Gasteiger partial charge in [0.05, 0.1) is 0 Å². The van der Waals surface area contributed by atoms with Gasteiger partial charge >= 0.3 is 5.97 Å². The van der Waals surface area contributed by atoms with E-state index in [0.29, 0.717) is 0 Å². The highest BCUT2D eigenvalue weighted by atomic mass is 35.5. The van der Waals surface area contributed by atoms with Crippen LogP contribution in [0.5, 0.6) is 0 Å². The number of hydrogen-bond acceptors (Lipinski definition) is 4. The lowest BCUT2D eigenvalue weighted by Gasteiger charge is -2.27. The molecule has 0 unspecified atom stereocenters. The third kappa shape index (κ3) is 2.95. The van der Waals surface area contributed by atoms with Gasteiger partial charge in [0.1, 0.15) is 5.54 Å². The lowest BCUT2D eigenvalue weighted by molar-refractivity contribution is -0.144. The summed E-state index contributed by atoms with van der Waals surface area (Å²) < 4.78 is 0. The van der Waals surface area contributed by atoms with Gasteiger partial charge < -0.3 is 10.4 Å². The van der Waals surface area contributed by atoms with E-state index in [-0.39, 0.29) is 23.7 Å². The fourth-order valence-electron chi connectivity index (χ4n) is 1.50. The van der Waals surface area contributed by atoms with Crippen LogP contribution >= 0.6 is 11.6 Å². The van der Waals surface area contributed by atoms with Crippen LogP contribution in [-0.2, 0) is 4.79 Å². The van der Waals surface area contributed by atoms with E-state index in [1.807, 2.05) is 0 Å². The molecule has 1 aromatic rings. The van der Waals surface area contributed by atoms with Crippen LogP contribution in [0, 0.1) is 0 Å². The highest BCUT2D eigenvalue weighted by Crippen LogP contribution is 2.16. The first kappa shape index (κ1) is 14.4. The molecule has 0 saturated carbocycles. The molecule has 0 spiro atoms. The van der Waals surface area contributed by atoms with E-state index < -0.39 is 17.4 Å². The van der Waals surface area contributed by atoms with Gasteiger partial charge in [-0.25, -0.2) is 4.79 Å². The average molecular weight is 272 g/mol. The first-order chi connectivity index (χ1) is 8.45. The summed E-state index contributed by atoms with van der Waals surface area (Å²) in [6.07, 6.45) is 0.567. The number of hydrogen-bond donors (Lipinski definition) is 2. The van der Waals surface area contributed by atoms with E-state index in [1.54, 1.807) is 13.8 Å². The van der Waals surface area contributed by atoms with Crippen molar-refractivity contribution in [3.05, 3.63) is 23.0 Å². The molecular weight excluding hydrogens is 258 g/mol. The lowest BCUT2D eigenvalue weighted by atomic mass is 9.93. The standard InChI is InChI=1S/C11H14ClN3O3/c1-3-11(4-2,10(17)18)13-9(16)7-5-6-8(12)15-14-7/h5-6H,3-4H2,1-2H3,(H,13,16)(H,17,18). The Balaban J connectivity index is 2.91. The molecule has 1 heterocycles. The summed E-state index contributed by atoms with van der Waals surface area (Å²) in [7, 11) is 0. The number of aliphatic carboxylic acids is 1. The molecule has 0 bridgehead atoms. The van der Waals surface area contributed by atoms with Gasteiger partial charge in [0, 0.05) is 0 Å². The molecule has 0 aromatic carbocycles. The number of carboxylic acids is 1. The Kier molecular flexibility index (Phi) is 4.61. The minimum Gasteiger partial charge on any atom is -0.480 e. The van der Waals surface area contributed by atoms with Crippen molar-refractivity contribution in [3.8, 4) is 0 Å². The van der Waals surface area contributed by atoms with Crippen LogP contribution in [0.25, 0.3) is 0 Å². The molecule has 0 aliphatic rings. The first-order valence-corrected chi connectivity index (χ1v) is 5.88. The number of carbonyl (C=O) groups excluding carboxylic acids is 1. The van der Waals surface area contributed by atoms with Gasteiger partial charge in [0.2, 0.25) is 0 Å². The third-order valence-electron chi connectivity index (χ3n) is 2.83. The number of aromatic nitrogens is 2. The second kappa shape index (κ2) is 5.77.